The summed E-state index contributed by atoms with van der Waals surface area (Å²) in [7, 11) is 2.60. The molecule has 1 aromatic carbocycles. The topological polar surface area (TPSA) is 67.9 Å². The van der Waals surface area contributed by atoms with Crippen molar-refractivity contribution in [3.63, 3.8) is 0 Å². The van der Waals surface area contributed by atoms with E-state index in [1.807, 2.05) is 18.2 Å². The maximum atomic E-state index is 12.2. The Morgan fingerprint density at radius 1 is 0.909 bits per heavy atom. The fourth-order valence-corrected chi connectivity index (χ4v) is 2.36. The molecule has 1 heterocycles. The predicted octanol–water partition coefficient (Wildman–Crippen LogP) is 1.91. The van der Waals surface area contributed by atoms with Crippen LogP contribution in [-0.2, 0) is 19.1 Å². The second kappa shape index (κ2) is 6.34. The van der Waals surface area contributed by atoms with E-state index in [0.29, 0.717) is 17.1 Å². The van der Waals surface area contributed by atoms with Crippen LogP contribution in [0.5, 0.6) is 0 Å². The second-order valence-electron chi connectivity index (χ2n) is 4.73. The van der Waals surface area contributed by atoms with E-state index in [0.717, 1.165) is 0 Å². The van der Waals surface area contributed by atoms with Crippen LogP contribution in [-0.4, -0.2) is 26.2 Å². The van der Waals surface area contributed by atoms with E-state index in [1.54, 1.807) is 30.9 Å². The number of para-hydroxylation sites is 1. The summed E-state index contributed by atoms with van der Waals surface area (Å²) in [6, 6.07) is 9.11. The third kappa shape index (κ3) is 2.67. The number of ether oxygens (including phenoxy) is 2. The first-order chi connectivity index (χ1) is 10.5. The van der Waals surface area contributed by atoms with Crippen molar-refractivity contribution in [1.29, 1.82) is 0 Å². The summed E-state index contributed by atoms with van der Waals surface area (Å²) in [5.41, 5.74) is 2.37. The average Bonchev–Trinajstić information content (AvgIpc) is 2.53. The van der Waals surface area contributed by atoms with E-state index in [4.69, 9.17) is 9.47 Å². The van der Waals surface area contributed by atoms with E-state index in [1.165, 1.54) is 14.2 Å². The normalized spacial score (nSPS) is 14.6. The standard InChI is InChI=1S/C16H18N2O4/c1-10-13(15(19)21-3)18(12-8-6-5-7-9-12)14(11(2)17-10)16(20)22-4/h5-9,17H,1-4H3. The lowest BCUT2D eigenvalue weighted by Crippen LogP contribution is -2.40. The number of carbonyl (C=O) groups is 2. The van der Waals surface area contributed by atoms with Crippen molar-refractivity contribution in [3.05, 3.63) is 53.1 Å². The molecule has 0 amide bonds. The van der Waals surface area contributed by atoms with Gasteiger partial charge in [-0.3, -0.25) is 4.90 Å². The van der Waals surface area contributed by atoms with Gasteiger partial charge in [0.2, 0.25) is 0 Å². The molecule has 0 fully saturated rings. The smallest absolute Gasteiger partial charge is 0.356 e. The summed E-state index contributed by atoms with van der Waals surface area (Å²) >= 11 is 0. The van der Waals surface area contributed by atoms with Crippen LogP contribution in [0, 0.1) is 0 Å². The average molecular weight is 302 g/mol. The Morgan fingerprint density at radius 3 is 1.77 bits per heavy atom. The van der Waals surface area contributed by atoms with Crippen LogP contribution >= 0.6 is 0 Å². The van der Waals surface area contributed by atoms with Gasteiger partial charge >= 0.3 is 11.9 Å². The van der Waals surface area contributed by atoms with Crippen molar-refractivity contribution in [1.82, 2.24) is 5.32 Å². The monoisotopic (exact) mass is 302 g/mol. The van der Waals surface area contributed by atoms with Crippen LogP contribution in [0.25, 0.3) is 0 Å². The zero-order valence-electron chi connectivity index (χ0n) is 13.0. The molecule has 0 atom stereocenters. The lowest BCUT2D eigenvalue weighted by atomic mass is 10.1. The van der Waals surface area contributed by atoms with Gasteiger partial charge in [-0.05, 0) is 26.0 Å². The number of hydrogen-bond acceptors (Lipinski definition) is 6. The van der Waals surface area contributed by atoms with Crippen molar-refractivity contribution in [3.8, 4) is 0 Å². The lowest BCUT2D eigenvalue weighted by molar-refractivity contribution is -0.136. The Hall–Kier alpha value is -2.76. The number of benzene rings is 1. The van der Waals surface area contributed by atoms with Crippen LogP contribution < -0.4 is 10.2 Å². The summed E-state index contributed by atoms with van der Waals surface area (Å²) in [5, 5.41) is 3.03. The van der Waals surface area contributed by atoms with Gasteiger partial charge in [-0.15, -0.1) is 0 Å². The lowest BCUT2D eigenvalue weighted by Gasteiger charge is -2.33. The molecular weight excluding hydrogens is 284 g/mol. The molecule has 6 heteroatoms. The zero-order chi connectivity index (χ0) is 16.3. The number of nitrogens with zero attached hydrogens (tertiary/aromatic N) is 1. The summed E-state index contributed by atoms with van der Waals surface area (Å²) in [6.07, 6.45) is 0. The molecule has 0 unspecified atom stereocenters. The van der Waals surface area contributed by atoms with Crippen LogP contribution in [0.15, 0.2) is 53.1 Å². The van der Waals surface area contributed by atoms with Crippen LogP contribution in [0.1, 0.15) is 13.8 Å². The molecule has 22 heavy (non-hydrogen) atoms. The fourth-order valence-electron chi connectivity index (χ4n) is 2.36. The first-order valence-corrected chi connectivity index (χ1v) is 6.71. The summed E-state index contributed by atoms with van der Waals surface area (Å²) < 4.78 is 9.71. The van der Waals surface area contributed by atoms with Crippen molar-refractivity contribution >= 4 is 17.6 Å². The van der Waals surface area contributed by atoms with Crippen molar-refractivity contribution in [2.75, 3.05) is 19.1 Å². The molecule has 2 rings (SSSR count). The molecule has 0 aliphatic carbocycles. The van der Waals surface area contributed by atoms with Crippen molar-refractivity contribution in [2.24, 2.45) is 0 Å². The van der Waals surface area contributed by atoms with Crippen molar-refractivity contribution in [2.45, 2.75) is 13.8 Å². The van der Waals surface area contributed by atoms with Gasteiger partial charge < -0.3 is 14.8 Å². The third-order valence-electron chi connectivity index (χ3n) is 3.30. The highest BCUT2D eigenvalue weighted by molar-refractivity contribution is 6.03. The molecule has 0 saturated carbocycles. The van der Waals surface area contributed by atoms with E-state index >= 15 is 0 Å². The minimum atomic E-state index is -0.539. The molecule has 1 aliphatic heterocycles. The summed E-state index contributed by atoms with van der Waals surface area (Å²) in [6.45, 7) is 3.50. The highest BCUT2D eigenvalue weighted by Crippen LogP contribution is 2.31. The molecule has 0 aromatic heterocycles. The Bertz CT molecular complexity index is 624. The Balaban J connectivity index is 2.66. The van der Waals surface area contributed by atoms with Crippen molar-refractivity contribution < 1.29 is 19.1 Å². The highest BCUT2D eigenvalue weighted by atomic mass is 16.5. The quantitative estimate of drug-likeness (QED) is 0.860. The first-order valence-electron chi connectivity index (χ1n) is 6.71. The van der Waals surface area contributed by atoms with Gasteiger partial charge in [0.05, 0.1) is 14.2 Å². The van der Waals surface area contributed by atoms with Crippen LogP contribution in [0.3, 0.4) is 0 Å². The highest BCUT2D eigenvalue weighted by Gasteiger charge is 2.34. The Kier molecular flexibility index (Phi) is 4.50. The SMILES string of the molecule is COC(=O)C1=C(C)NC(C)=C(C(=O)OC)N1c1ccccc1. The number of rotatable bonds is 3. The number of esters is 2. The maximum absolute atomic E-state index is 12.2. The van der Waals surface area contributed by atoms with E-state index in [9.17, 15) is 9.59 Å². The van der Waals surface area contributed by atoms with Gasteiger partial charge in [0, 0.05) is 17.1 Å². The van der Waals surface area contributed by atoms with E-state index in [-0.39, 0.29) is 11.4 Å². The molecule has 116 valence electrons. The summed E-state index contributed by atoms with van der Waals surface area (Å²) in [5.74, 6) is -1.08. The number of hydrogen-bond donors (Lipinski definition) is 1. The zero-order valence-corrected chi connectivity index (χ0v) is 13.0. The van der Waals surface area contributed by atoms with Gasteiger partial charge in [-0.2, -0.15) is 0 Å². The number of carbonyl (C=O) groups excluding carboxylic acids is 2. The Morgan fingerprint density at radius 2 is 1.36 bits per heavy atom. The Labute approximate surface area is 129 Å². The molecule has 0 radical (unpaired) electrons. The molecule has 0 bridgehead atoms. The van der Waals surface area contributed by atoms with Crippen LogP contribution in [0.4, 0.5) is 5.69 Å². The largest absolute Gasteiger partial charge is 0.464 e. The first kappa shape index (κ1) is 15.6. The van der Waals surface area contributed by atoms with Gasteiger partial charge in [0.25, 0.3) is 0 Å². The fraction of sp³-hybridized carbons (Fsp3) is 0.250. The van der Waals surface area contributed by atoms with Gasteiger partial charge in [0.15, 0.2) is 11.4 Å². The van der Waals surface area contributed by atoms with Gasteiger partial charge in [-0.25, -0.2) is 9.59 Å². The predicted molar refractivity (Wildman–Crippen MR) is 81.5 cm³/mol. The molecular formula is C16H18N2O4. The number of anilines is 1. The third-order valence-corrected chi connectivity index (χ3v) is 3.30. The molecule has 1 aromatic rings. The minimum absolute atomic E-state index is 0.250. The van der Waals surface area contributed by atoms with Crippen LogP contribution in [0.2, 0.25) is 0 Å². The number of nitrogens with one attached hydrogen (secondary N) is 1. The molecule has 1 aliphatic rings. The maximum Gasteiger partial charge on any atom is 0.356 e. The number of allylic oxidation sites excluding steroid dienone is 2. The number of methoxy groups -OCH3 is 2. The molecule has 0 spiro atoms. The van der Waals surface area contributed by atoms with Gasteiger partial charge in [-0.1, -0.05) is 18.2 Å². The molecule has 1 N–H and O–H groups in total. The minimum Gasteiger partial charge on any atom is -0.464 e. The summed E-state index contributed by atoms with van der Waals surface area (Å²) in [4.78, 5) is 25.9. The van der Waals surface area contributed by atoms with E-state index in [2.05, 4.69) is 5.32 Å². The molecule has 0 saturated heterocycles. The van der Waals surface area contributed by atoms with Gasteiger partial charge in [0.1, 0.15) is 0 Å². The van der Waals surface area contributed by atoms with E-state index < -0.39 is 11.9 Å². The molecule has 6 nitrogen and oxygen atoms in total. The second-order valence-corrected chi connectivity index (χ2v) is 4.73.